The molecule has 0 aromatic carbocycles. The van der Waals surface area contributed by atoms with Crippen molar-refractivity contribution in [2.75, 3.05) is 57.9 Å². The van der Waals surface area contributed by atoms with E-state index in [-0.39, 0.29) is 11.3 Å². The summed E-state index contributed by atoms with van der Waals surface area (Å²) in [4.78, 5) is 21.7. The Hall–Kier alpha value is -1.37. The minimum absolute atomic E-state index is 0.245. The van der Waals surface area contributed by atoms with E-state index >= 15 is 0 Å². The number of rotatable bonds is 4. The van der Waals surface area contributed by atoms with Crippen LogP contribution in [-0.4, -0.2) is 68.8 Å². The maximum atomic E-state index is 13.1. The summed E-state index contributed by atoms with van der Waals surface area (Å²) in [5.41, 5.74) is -0.360. The Bertz CT molecular complexity index is 547. The molecule has 0 bridgehead atoms. The Labute approximate surface area is 148 Å². The van der Waals surface area contributed by atoms with Crippen LogP contribution in [0, 0.1) is 5.41 Å². The normalized spacial score (nSPS) is 20.9. The monoisotopic (exact) mass is 352 g/mol. The lowest BCUT2D eigenvalue weighted by atomic mass is 9.78. The van der Waals surface area contributed by atoms with Crippen molar-refractivity contribution in [3.63, 3.8) is 0 Å². The van der Waals surface area contributed by atoms with Crippen LogP contribution in [0.2, 0.25) is 5.02 Å². The molecule has 0 radical (unpaired) electrons. The third kappa shape index (κ3) is 3.66. The Balaban J connectivity index is 1.62. The van der Waals surface area contributed by atoms with Gasteiger partial charge in [0.1, 0.15) is 5.82 Å². The predicted molar refractivity (Wildman–Crippen MR) is 94.5 cm³/mol. The highest BCUT2D eigenvalue weighted by atomic mass is 35.5. The first-order valence-corrected chi connectivity index (χ1v) is 8.88. The van der Waals surface area contributed by atoms with Crippen molar-refractivity contribution < 1.29 is 9.53 Å². The van der Waals surface area contributed by atoms with Crippen molar-refractivity contribution in [1.29, 1.82) is 0 Å². The molecule has 1 N–H and O–H groups in total. The van der Waals surface area contributed by atoms with E-state index in [1.807, 2.05) is 17.0 Å². The number of nitrogens with one attached hydrogen (secondary N) is 1. The van der Waals surface area contributed by atoms with Gasteiger partial charge in [0.2, 0.25) is 5.91 Å². The van der Waals surface area contributed by atoms with Crippen molar-refractivity contribution in [3.05, 3.63) is 23.4 Å². The van der Waals surface area contributed by atoms with Crippen LogP contribution in [0.4, 0.5) is 5.82 Å². The highest BCUT2D eigenvalue weighted by Gasteiger charge is 2.42. The van der Waals surface area contributed by atoms with Crippen molar-refractivity contribution >= 4 is 23.3 Å². The summed E-state index contributed by atoms with van der Waals surface area (Å²) in [5, 5.41) is 3.97. The van der Waals surface area contributed by atoms with Crippen LogP contribution in [-0.2, 0) is 9.53 Å². The van der Waals surface area contributed by atoms with E-state index < -0.39 is 0 Å². The predicted octanol–water partition coefficient (Wildman–Crippen LogP) is 1.40. The fourth-order valence-corrected chi connectivity index (χ4v) is 3.74. The van der Waals surface area contributed by atoms with Crippen LogP contribution < -0.4 is 10.2 Å². The summed E-state index contributed by atoms with van der Waals surface area (Å²) >= 11 is 5.90. The van der Waals surface area contributed by atoms with E-state index in [1.54, 1.807) is 13.3 Å². The standard InChI is InChI=1S/C17H25ClN4O2/c1-24-13-17(4-6-19-7-5-17)16(23)22-10-8-21(9-11-22)15-3-2-14(18)12-20-15/h2-3,12,19H,4-11,13H2,1H3. The number of carbonyl (C=O) groups is 1. The maximum Gasteiger partial charge on any atom is 0.231 e. The molecule has 0 aliphatic carbocycles. The second-order valence-electron chi connectivity index (χ2n) is 6.58. The molecule has 2 fully saturated rings. The van der Waals surface area contributed by atoms with E-state index in [0.717, 1.165) is 57.9 Å². The summed E-state index contributed by atoms with van der Waals surface area (Å²) in [6, 6.07) is 3.78. The lowest BCUT2D eigenvalue weighted by Gasteiger charge is -2.43. The molecular formula is C17H25ClN4O2. The van der Waals surface area contributed by atoms with Gasteiger partial charge >= 0.3 is 0 Å². The number of anilines is 1. The summed E-state index contributed by atoms with van der Waals surface area (Å²) in [6.07, 6.45) is 3.36. The van der Waals surface area contributed by atoms with E-state index in [9.17, 15) is 4.79 Å². The van der Waals surface area contributed by atoms with Crippen molar-refractivity contribution in [2.45, 2.75) is 12.8 Å². The topological polar surface area (TPSA) is 57.7 Å². The van der Waals surface area contributed by atoms with E-state index in [0.29, 0.717) is 11.6 Å². The van der Waals surface area contributed by atoms with Gasteiger partial charge in [0.15, 0.2) is 0 Å². The second kappa shape index (κ2) is 7.68. The molecule has 3 heterocycles. The van der Waals surface area contributed by atoms with Crippen molar-refractivity contribution in [1.82, 2.24) is 15.2 Å². The maximum absolute atomic E-state index is 13.1. The molecule has 3 rings (SSSR count). The first-order valence-electron chi connectivity index (χ1n) is 8.50. The van der Waals surface area contributed by atoms with Crippen LogP contribution in [0.25, 0.3) is 0 Å². The lowest BCUT2D eigenvalue weighted by molar-refractivity contribution is -0.147. The second-order valence-corrected chi connectivity index (χ2v) is 7.01. The number of ether oxygens (including phenoxy) is 1. The Morgan fingerprint density at radius 1 is 1.29 bits per heavy atom. The minimum atomic E-state index is -0.360. The zero-order chi connectivity index (χ0) is 17.0. The average molecular weight is 353 g/mol. The number of nitrogens with zero attached hydrogens (tertiary/aromatic N) is 3. The van der Waals surface area contributed by atoms with Gasteiger partial charge in [0.25, 0.3) is 0 Å². The van der Waals surface area contributed by atoms with Crippen LogP contribution in [0.15, 0.2) is 18.3 Å². The fourth-order valence-electron chi connectivity index (χ4n) is 3.63. The van der Waals surface area contributed by atoms with Gasteiger partial charge in [0.05, 0.1) is 17.0 Å². The smallest absolute Gasteiger partial charge is 0.231 e. The van der Waals surface area contributed by atoms with E-state index in [2.05, 4.69) is 15.2 Å². The summed E-state index contributed by atoms with van der Waals surface area (Å²) in [6.45, 7) is 5.30. The Kier molecular flexibility index (Phi) is 5.58. The third-order valence-corrected chi connectivity index (χ3v) is 5.26. The minimum Gasteiger partial charge on any atom is -0.384 e. The van der Waals surface area contributed by atoms with Gasteiger partial charge in [-0.05, 0) is 38.1 Å². The van der Waals surface area contributed by atoms with Gasteiger partial charge in [-0.25, -0.2) is 4.98 Å². The molecule has 7 heteroatoms. The first-order chi connectivity index (χ1) is 11.6. The molecule has 1 amide bonds. The number of aromatic nitrogens is 1. The quantitative estimate of drug-likeness (QED) is 0.887. The largest absolute Gasteiger partial charge is 0.384 e. The SMILES string of the molecule is COCC1(C(=O)N2CCN(c3ccc(Cl)cn3)CC2)CCNCC1. The van der Waals surface area contributed by atoms with Crippen molar-refractivity contribution in [2.24, 2.45) is 5.41 Å². The van der Waals surface area contributed by atoms with Gasteiger partial charge in [0, 0.05) is 39.5 Å². The number of pyridine rings is 1. The first kappa shape index (κ1) is 17.5. The highest BCUT2D eigenvalue weighted by Crippen LogP contribution is 2.32. The Morgan fingerprint density at radius 3 is 2.58 bits per heavy atom. The van der Waals surface area contributed by atoms with Crippen LogP contribution in [0.5, 0.6) is 0 Å². The number of piperidine rings is 1. The van der Waals surface area contributed by atoms with Crippen LogP contribution in [0.1, 0.15) is 12.8 Å². The average Bonchev–Trinajstić information content (AvgIpc) is 2.63. The Morgan fingerprint density at radius 2 is 2.00 bits per heavy atom. The number of amides is 1. The molecule has 1 aromatic heterocycles. The zero-order valence-electron chi connectivity index (χ0n) is 14.1. The van der Waals surface area contributed by atoms with Crippen molar-refractivity contribution in [3.8, 4) is 0 Å². The molecule has 6 nitrogen and oxygen atoms in total. The number of hydrogen-bond acceptors (Lipinski definition) is 5. The molecule has 2 aliphatic rings. The summed E-state index contributed by atoms with van der Waals surface area (Å²) in [5.74, 6) is 1.16. The molecule has 0 unspecified atom stereocenters. The number of methoxy groups -OCH3 is 1. The number of hydrogen-bond donors (Lipinski definition) is 1. The lowest BCUT2D eigenvalue weighted by Crippen LogP contribution is -2.56. The van der Waals surface area contributed by atoms with Gasteiger partial charge in [-0.1, -0.05) is 11.6 Å². The summed E-state index contributed by atoms with van der Waals surface area (Å²) in [7, 11) is 1.68. The van der Waals surface area contributed by atoms with Gasteiger partial charge in [-0.3, -0.25) is 4.79 Å². The molecule has 1 aromatic rings. The number of carbonyl (C=O) groups excluding carboxylic acids is 1. The van der Waals surface area contributed by atoms with Gasteiger partial charge in [-0.15, -0.1) is 0 Å². The number of halogens is 1. The molecule has 2 aliphatic heterocycles. The van der Waals surface area contributed by atoms with Gasteiger partial charge < -0.3 is 19.9 Å². The molecule has 0 saturated carbocycles. The van der Waals surface area contributed by atoms with Gasteiger partial charge in [-0.2, -0.15) is 0 Å². The van der Waals surface area contributed by atoms with E-state index in [1.165, 1.54) is 0 Å². The fraction of sp³-hybridized carbons (Fsp3) is 0.647. The number of piperazine rings is 1. The molecule has 0 spiro atoms. The molecule has 2 saturated heterocycles. The van der Waals surface area contributed by atoms with Crippen LogP contribution >= 0.6 is 11.6 Å². The molecule has 132 valence electrons. The molecule has 0 atom stereocenters. The molecular weight excluding hydrogens is 328 g/mol. The summed E-state index contributed by atoms with van der Waals surface area (Å²) < 4.78 is 5.39. The zero-order valence-corrected chi connectivity index (χ0v) is 14.9. The third-order valence-electron chi connectivity index (χ3n) is 5.04. The highest BCUT2D eigenvalue weighted by molar-refractivity contribution is 6.30. The van der Waals surface area contributed by atoms with E-state index in [4.69, 9.17) is 16.3 Å². The molecule has 24 heavy (non-hydrogen) atoms. The van der Waals surface area contributed by atoms with Crippen LogP contribution in [0.3, 0.4) is 0 Å².